The predicted molar refractivity (Wildman–Crippen MR) is 45.9 cm³/mol. The highest BCUT2D eigenvalue weighted by molar-refractivity contribution is 6.65. The zero-order valence-electron chi connectivity index (χ0n) is 6.85. The van der Waals surface area contributed by atoms with Crippen LogP contribution in [-0.4, -0.2) is 5.24 Å². The van der Waals surface area contributed by atoms with Gasteiger partial charge in [0.1, 0.15) is 0 Å². The molecule has 1 rings (SSSR count). The molecule has 70 valence electrons. The van der Waals surface area contributed by atoms with Gasteiger partial charge in [-0.3, -0.25) is 4.79 Å². The van der Waals surface area contributed by atoms with E-state index in [9.17, 15) is 13.6 Å². The van der Waals surface area contributed by atoms with Crippen LogP contribution in [0.3, 0.4) is 0 Å². The van der Waals surface area contributed by atoms with E-state index in [0.29, 0.717) is 0 Å². The second-order valence-electron chi connectivity index (χ2n) is 2.71. The molecule has 0 N–H and O–H groups in total. The van der Waals surface area contributed by atoms with Gasteiger partial charge in [-0.1, -0.05) is 29.8 Å². The van der Waals surface area contributed by atoms with Gasteiger partial charge in [0.25, 0.3) is 5.24 Å². The number of hydrogen-bond donors (Lipinski definition) is 0. The number of hydrogen-bond acceptors (Lipinski definition) is 1. The van der Waals surface area contributed by atoms with E-state index in [0.717, 1.165) is 5.56 Å². The van der Waals surface area contributed by atoms with Gasteiger partial charge in [-0.25, -0.2) is 0 Å². The van der Waals surface area contributed by atoms with E-state index in [4.69, 9.17) is 11.6 Å². The smallest absolute Gasteiger partial charge is 0.274 e. The van der Waals surface area contributed by atoms with Crippen LogP contribution >= 0.6 is 11.6 Å². The van der Waals surface area contributed by atoms with E-state index < -0.39 is 11.2 Å². The molecule has 13 heavy (non-hydrogen) atoms. The molecular formula is C9H7ClF2O. The van der Waals surface area contributed by atoms with Crippen LogP contribution in [0.4, 0.5) is 8.78 Å². The first-order valence-electron chi connectivity index (χ1n) is 3.59. The first kappa shape index (κ1) is 10.1. The molecule has 0 fully saturated rings. The molecule has 0 saturated carbocycles. The Morgan fingerprint density at radius 1 is 1.31 bits per heavy atom. The Hall–Kier alpha value is -0.960. The van der Waals surface area contributed by atoms with E-state index in [-0.39, 0.29) is 5.56 Å². The molecule has 1 nitrogen and oxygen atoms in total. The molecule has 1 aromatic carbocycles. The zero-order chi connectivity index (χ0) is 10.1. The summed E-state index contributed by atoms with van der Waals surface area (Å²) in [6, 6.07) is 5.39. The standard InChI is InChI=1S/C9H7ClF2O/c1-6-2-4-7(5-3-6)9(11,12)8(10)13/h2-5H,1H3. The van der Waals surface area contributed by atoms with Crippen molar-refractivity contribution in [2.75, 3.05) is 0 Å². The summed E-state index contributed by atoms with van der Waals surface area (Å²) in [5.41, 5.74) is 0.472. The summed E-state index contributed by atoms with van der Waals surface area (Å²) in [5, 5.41) is -1.66. The summed E-state index contributed by atoms with van der Waals surface area (Å²) >= 11 is 4.75. The van der Waals surface area contributed by atoms with Gasteiger partial charge in [-0.05, 0) is 18.5 Å². The highest BCUT2D eigenvalue weighted by Gasteiger charge is 2.39. The molecule has 1 aromatic rings. The Balaban J connectivity index is 3.08. The summed E-state index contributed by atoms with van der Waals surface area (Å²) in [5.74, 6) is -3.59. The summed E-state index contributed by atoms with van der Waals surface area (Å²) in [4.78, 5) is 10.4. The lowest BCUT2D eigenvalue weighted by Gasteiger charge is -2.11. The van der Waals surface area contributed by atoms with E-state index in [1.165, 1.54) is 24.3 Å². The van der Waals surface area contributed by atoms with Crippen molar-refractivity contribution in [1.29, 1.82) is 0 Å². The van der Waals surface area contributed by atoms with Gasteiger partial charge in [-0.2, -0.15) is 8.78 Å². The van der Waals surface area contributed by atoms with Crippen molar-refractivity contribution in [3.8, 4) is 0 Å². The van der Waals surface area contributed by atoms with Crippen molar-refractivity contribution in [1.82, 2.24) is 0 Å². The molecule has 0 radical (unpaired) electrons. The van der Waals surface area contributed by atoms with E-state index in [1.807, 2.05) is 0 Å². The van der Waals surface area contributed by atoms with Gasteiger partial charge in [0.2, 0.25) is 0 Å². The fraction of sp³-hybridized carbons (Fsp3) is 0.222. The van der Waals surface area contributed by atoms with Crippen molar-refractivity contribution in [2.24, 2.45) is 0 Å². The Labute approximate surface area is 79.3 Å². The topological polar surface area (TPSA) is 17.1 Å². The molecule has 0 aliphatic heterocycles. The molecule has 0 heterocycles. The normalized spacial score (nSPS) is 11.4. The fourth-order valence-corrected chi connectivity index (χ4v) is 0.985. The predicted octanol–water partition coefficient (Wildman–Crippen LogP) is 2.85. The maximum absolute atomic E-state index is 12.9. The number of benzene rings is 1. The van der Waals surface area contributed by atoms with Gasteiger partial charge >= 0.3 is 5.92 Å². The Morgan fingerprint density at radius 3 is 2.15 bits per heavy atom. The average molecular weight is 205 g/mol. The van der Waals surface area contributed by atoms with E-state index in [1.54, 1.807) is 6.92 Å². The minimum atomic E-state index is -3.59. The molecule has 0 aliphatic rings. The van der Waals surface area contributed by atoms with Crippen LogP contribution in [0.25, 0.3) is 0 Å². The highest BCUT2D eigenvalue weighted by Crippen LogP contribution is 2.30. The van der Waals surface area contributed by atoms with Crippen LogP contribution in [0.2, 0.25) is 0 Å². The zero-order valence-corrected chi connectivity index (χ0v) is 7.61. The Morgan fingerprint density at radius 2 is 1.77 bits per heavy atom. The first-order valence-corrected chi connectivity index (χ1v) is 3.97. The lowest BCUT2D eigenvalue weighted by Crippen LogP contribution is -2.20. The van der Waals surface area contributed by atoms with Gasteiger partial charge < -0.3 is 0 Å². The van der Waals surface area contributed by atoms with Gasteiger partial charge in [0.05, 0.1) is 0 Å². The van der Waals surface area contributed by atoms with Crippen LogP contribution in [0.1, 0.15) is 11.1 Å². The maximum Gasteiger partial charge on any atom is 0.345 e. The van der Waals surface area contributed by atoms with Crippen molar-refractivity contribution >= 4 is 16.8 Å². The lowest BCUT2D eigenvalue weighted by molar-refractivity contribution is -0.135. The maximum atomic E-state index is 12.9. The van der Waals surface area contributed by atoms with Crippen molar-refractivity contribution in [2.45, 2.75) is 12.8 Å². The van der Waals surface area contributed by atoms with Gasteiger partial charge in [-0.15, -0.1) is 0 Å². The monoisotopic (exact) mass is 204 g/mol. The van der Waals surface area contributed by atoms with Crippen molar-refractivity contribution < 1.29 is 13.6 Å². The number of rotatable bonds is 2. The lowest BCUT2D eigenvalue weighted by atomic mass is 10.1. The van der Waals surface area contributed by atoms with Crippen molar-refractivity contribution in [3.05, 3.63) is 35.4 Å². The molecular weight excluding hydrogens is 198 g/mol. The number of carbonyl (C=O) groups excluding carboxylic acids is 1. The minimum absolute atomic E-state index is 0.377. The SMILES string of the molecule is Cc1ccc(C(F)(F)C(=O)Cl)cc1. The van der Waals surface area contributed by atoms with Gasteiger partial charge in [0, 0.05) is 5.56 Å². The number of carbonyl (C=O) groups is 1. The molecule has 0 unspecified atom stereocenters. The van der Waals surface area contributed by atoms with Gasteiger partial charge in [0.15, 0.2) is 0 Å². The minimum Gasteiger partial charge on any atom is -0.274 e. The number of halogens is 3. The third-order valence-corrected chi connectivity index (χ3v) is 1.90. The second-order valence-corrected chi connectivity index (χ2v) is 3.06. The second kappa shape index (κ2) is 3.42. The molecule has 0 saturated heterocycles. The third-order valence-electron chi connectivity index (χ3n) is 1.66. The molecule has 0 amide bonds. The Bertz CT molecular complexity index is 319. The van der Waals surface area contributed by atoms with Crippen LogP contribution < -0.4 is 0 Å². The number of alkyl halides is 2. The third kappa shape index (κ3) is 2.04. The Kier molecular flexibility index (Phi) is 2.66. The fourth-order valence-electron chi connectivity index (χ4n) is 0.876. The van der Waals surface area contributed by atoms with Crippen LogP contribution in [0.15, 0.2) is 24.3 Å². The number of aryl methyl sites for hydroxylation is 1. The van der Waals surface area contributed by atoms with E-state index >= 15 is 0 Å². The summed E-state index contributed by atoms with van der Waals surface area (Å²) in [6.07, 6.45) is 0. The van der Waals surface area contributed by atoms with Crippen LogP contribution in [0, 0.1) is 6.92 Å². The van der Waals surface area contributed by atoms with Crippen LogP contribution in [-0.2, 0) is 10.7 Å². The summed E-state index contributed by atoms with van der Waals surface area (Å²) in [6.45, 7) is 1.77. The average Bonchev–Trinajstić information content (AvgIpc) is 2.04. The molecule has 0 bridgehead atoms. The quantitative estimate of drug-likeness (QED) is 0.677. The molecule has 0 spiro atoms. The largest absolute Gasteiger partial charge is 0.345 e. The van der Waals surface area contributed by atoms with Crippen LogP contribution in [0.5, 0.6) is 0 Å². The summed E-state index contributed by atoms with van der Waals surface area (Å²) < 4.78 is 25.9. The summed E-state index contributed by atoms with van der Waals surface area (Å²) in [7, 11) is 0. The van der Waals surface area contributed by atoms with Crippen molar-refractivity contribution in [3.63, 3.8) is 0 Å². The first-order chi connectivity index (χ1) is 5.94. The molecule has 0 aromatic heterocycles. The molecule has 0 aliphatic carbocycles. The molecule has 0 atom stereocenters. The molecule has 4 heteroatoms. The van der Waals surface area contributed by atoms with E-state index in [2.05, 4.69) is 0 Å². The highest BCUT2D eigenvalue weighted by atomic mass is 35.5.